The predicted octanol–water partition coefficient (Wildman–Crippen LogP) is 11.3. The van der Waals surface area contributed by atoms with E-state index >= 15 is 0 Å². The summed E-state index contributed by atoms with van der Waals surface area (Å²) in [5, 5.41) is 2.46. The van der Waals surface area contributed by atoms with Crippen molar-refractivity contribution in [1.82, 2.24) is 19.5 Å². The van der Waals surface area contributed by atoms with Crippen LogP contribution in [0.3, 0.4) is 0 Å². The zero-order chi connectivity index (χ0) is 32.6. The lowest BCUT2D eigenvalue weighted by Gasteiger charge is -2.19. The predicted molar refractivity (Wildman–Crippen MR) is 201 cm³/mol. The second kappa shape index (κ2) is 12.2. The minimum absolute atomic E-state index is 0.632. The van der Waals surface area contributed by atoms with Gasteiger partial charge in [0.15, 0.2) is 17.5 Å². The molecule has 230 valence electrons. The smallest absolute Gasteiger partial charge is 0.164 e. The maximum Gasteiger partial charge on any atom is 0.164 e. The maximum atomic E-state index is 5.03. The van der Waals surface area contributed by atoms with Crippen LogP contribution in [0.1, 0.15) is 0 Å². The van der Waals surface area contributed by atoms with Crippen LogP contribution in [-0.2, 0) is 0 Å². The van der Waals surface area contributed by atoms with Crippen molar-refractivity contribution >= 4 is 21.8 Å². The molecule has 0 unspecified atom stereocenters. The van der Waals surface area contributed by atoms with Crippen LogP contribution < -0.4 is 0 Å². The molecule has 0 saturated carbocycles. The second-order valence-corrected chi connectivity index (χ2v) is 12.1. The molecule has 0 aliphatic carbocycles. The molecule has 7 aromatic carbocycles. The standard InChI is InChI=1S/C45H30N4/c1-4-16-31(17-5-1)36-26-15-27-37(42(36)49-40-28-12-10-24-38(40)39-25-11-13-29-41(39)49)34-22-14-23-35(30-34)45-47-43(32-18-6-2-7-19-32)46-44(48-45)33-20-8-3-9-21-33/h1-30H. The summed E-state index contributed by atoms with van der Waals surface area (Å²) < 4.78 is 2.43. The fraction of sp³-hybridized carbons (Fsp3) is 0. The van der Waals surface area contributed by atoms with E-state index < -0.39 is 0 Å². The summed E-state index contributed by atoms with van der Waals surface area (Å²) in [7, 11) is 0. The van der Waals surface area contributed by atoms with Gasteiger partial charge in [-0.15, -0.1) is 0 Å². The summed E-state index contributed by atoms with van der Waals surface area (Å²) in [6.07, 6.45) is 0. The van der Waals surface area contributed by atoms with Gasteiger partial charge in [0.2, 0.25) is 0 Å². The number of fused-ring (bicyclic) bond motifs is 3. The molecule has 0 aliphatic rings. The van der Waals surface area contributed by atoms with E-state index in [1.807, 2.05) is 60.7 Å². The van der Waals surface area contributed by atoms with Crippen LogP contribution in [0.2, 0.25) is 0 Å². The van der Waals surface area contributed by atoms with Gasteiger partial charge in [-0.3, -0.25) is 0 Å². The molecule has 0 amide bonds. The lowest BCUT2D eigenvalue weighted by atomic mass is 9.94. The lowest BCUT2D eigenvalue weighted by molar-refractivity contribution is 1.07. The summed E-state index contributed by atoms with van der Waals surface area (Å²) >= 11 is 0. The van der Waals surface area contributed by atoms with Crippen molar-refractivity contribution in [3.63, 3.8) is 0 Å². The van der Waals surface area contributed by atoms with Crippen molar-refractivity contribution < 1.29 is 0 Å². The summed E-state index contributed by atoms with van der Waals surface area (Å²) in [4.78, 5) is 15.0. The highest BCUT2D eigenvalue weighted by molar-refractivity contribution is 6.10. The maximum absolute atomic E-state index is 5.03. The fourth-order valence-corrected chi connectivity index (χ4v) is 6.79. The summed E-state index contributed by atoms with van der Waals surface area (Å²) in [6, 6.07) is 63.4. The molecule has 0 saturated heterocycles. The van der Waals surface area contributed by atoms with Gasteiger partial charge in [-0.2, -0.15) is 0 Å². The molecule has 4 heteroatoms. The summed E-state index contributed by atoms with van der Waals surface area (Å²) in [6.45, 7) is 0. The zero-order valence-corrected chi connectivity index (χ0v) is 26.6. The van der Waals surface area contributed by atoms with Crippen LogP contribution in [0.4, 0.5) is 0 Å². The topological polar surface area (TPSA) is 43.6 Å². The molecule has 0 fully saturated rings. The molecule has 0 spiro atoms. The molecule has 0 bridgehead atoms. The molecular weight excluding hydrogens is 597 g/mol. The van der Waals surface area contributed by atoms with Crippen LogP contribution in [0.25, 0.3) is 83.9 Å². The first kappa shape index (κ1) is 28.6. The van der Waals surface area contributed by atoms with Crippen LogP contribution >= 0.6 is 0 Å². The molecule has 49 heavy (non-hydrogen) atoms. The molecule has 9 aromatic rings. The molecular formula is C45H30N4. The molecule has 2 heterocycles. The Morgan fingerprint density at radius 2 is 0.694 bits per heavy atom. The summed E-state index contributed by atoms with van der Waals surface area (Å²) in [5.41, 5.74) is 10.8. The highest BCUT2D eigenvalue weighted by atomic mass is 15.0. The monoisotopic (exact) mass is 626 g/mol. The number of hydrogen-bond donors (Lipinski definition) is 0. The van der Waals surface area contributed by atoms with Gasteiger partial charge in [0.05, 0.1) is 16.7 Å². The van der Waals surface area contributed by atoms with Gasteiger partial charge < -0.3 is 4.57 Å². The van der Waals surface area contributed by atoms with E-state index in [0.29, 0.717) is 17.5 Å². The highest BCUT2D eigenvalue weighted by Gasteiger charge is 2.20. The molecule has 4 nitrogen and oxygen atoms in total. The molecule has 0 N–H and O–H groups in total. The van der Waals surface area contributed by atoms with Gasteiger partial charge in [0, 0.05) is 38.6 Å². The second-order valence-electron chi connectivity index (χ2n) is 12.1. The molecule has 0 aliphatic heterocycles. The van der Waals surface area contributed by atoms with Gasteiger partial charge in [-0.1, -0.05) is 164 Å². The SMILES string of the molecule is c1ccc(-c2nc(-c3ccccc3)nc(-c3cccc(-c4cccc(-c5ccccc5)c4-n4c5ccccc5c5ccccc54)c3)n2)cc1. The third-order valence-corrected chi connectivity index (χ3v) is 9.06. The minimum Gasteiger partial charge on any atom is -0.308 e. The first-order chi connectivity index (χ1) is 24.3. The average Bonchev–Trinajstić information content (AvgIpc) is 3.52. The number of rotatable bonds is 6. The summed E-state index contributed by atoms with van der Waals surface area (Å²) in [5.74, 6) is 1.92. The Labute approximate surface area is 284 Å². The van der Waals surface area contributed by atoms with E-state index in [2.05, 4.69) is 126 Å². The van der Waals surface area contributed by atoms with Crippen LogP contribution in [-0.4, -0.2) is 19.5 Å². The van der Waals surface area contributed by atoms with Gasteiger partial charge in [0.25, 0.3) is 0 Å². The number of para-hydroxylation sites is 3. The third kappa shape index (κ3) is 5.16. The fourth-order valence-electron chi connectivity index (χ4n) is 6.79. The first-order valence-electron chi connectivity index (χ1n) is 16.5. The number of aromatic nitrogens is 4. The van der Waals surface area contributed by atoms with Crippen molar-refractivity contribution in [3.8, 4) is 62.1 Å². The Morgan fingerprint density at radius 3 is 1.24 bits per heavy atom. The van der Waals surface area contributed by atoms with E-state index in [4.69, 9.17) is 15.0 Å². The number of nitrogens with zero attached hydrogens (tertiary/aromatic N) is 4. The van der Waals surface area contributed by atoms with Crippen LogP contribution in [0.5, 0.6) is 0 Å². The number of hydrogen-bond acceptors (Lipinski definition) is 3. The molecule has 9 rings (SSSR count). The van der Waals surface area contributed by atoms with Crippen LogP contribution in [0.15, 0.2) is 182 Å². The average molecular weight is 627 g/mol. The Hall–Kier alpha value is -6.65. The van der Waals surface area contributed by atoms with Crippen molar-refractivity contribution in [1.29, 1.82) is 0 Å². The van der Waals surface area contributed by atoms with E-state index in [1.54, 1.807) is 0 Å². The Bertz CT molecular complexity index is 2480. The largest absolute Gasteiger partial charge is 0.308 e. The van der Waals surface area contributed by atoms with Crippen molar-refractivity contribution in [3.05, 3.63) is 182 Å². The van der Waals surface area contributed by atoms with E-state index in [0.717, 1.165) is 44.6 Å². The Kier molecular flexibility index (Phi) is 7.10. The Balaban J connectivity index is 1.29. The zero-order valence-electron chi connectivity index (χ0n) is 26.6. The van der Waals surface area contributed by atoms with Gasteiger partial charge in [-0.05, 0) is 29.3 Å². The van der Waals surface area contributed by atoms with Crippen LogP contribution in [0, 0.1) is 0 Å². The van der Waals surface area contributed by atoms with Gasteiger partial charge >= 0.3 is 0 Å². The lowest BCUT2D eigenvalue weighted by Crippen LogP contribution is -2.01. The number of benzene rings is 7. The van der Waals surface area contributed by atoms with Gasteiger partial charge in [-0.25, -0.2) is 15.0 Å². The van der Waals surface area contributed by atoms with E-state index in [-0.39, 0.29) is 0 Å². The first-order valence-corrected chi connectivity index (χ1v) is 16.5. The minimum atomic E-state index is 0.632. The molecule has 2 aromatic heterocycles. The quantitative estimate of drug-likeness (QED) is 0.184. The van der Waals surface area contributed by atoms with Gasteiger partial charge in [0.1, 0.15) is 0 Å². The van der Waals surface area contributed by atoms with E-state index in [1.165, 1.54) is 21.8 Å². The van der Waals surface area contributed by atoms with Crippen molar-refractivity contribution in [2.45, 2.75) is 0 Å². The third-order valence-electron chi connectivity index (χ3n) is 9.06. The van der Waals surface area contributed by atoms with E-state index in [9.17, 15) is 0 Å². The molecule has 0 atom stereocenters. The normalized spacial score (nSPS) is 11.3. The van der Waals surface area contributed by atoms with Crippen molar-refractivity contribution in [2.75, 3.05) is 0 Å². The Morgan fingerprint density at radius 1 is 0.306 bits per heavy atom. The highest BCUT2D eigenvalue weighted by Crippen LogP contribution is 2.41. The van der Waals surface area contributed by atoms with Crippen molar-refractivity contribution in [2.24, 2.45) is 0 Å². The molecule has 0 radical (unpaired) electrons.